The summed E-state index contributed by atoms with van der Waals surface area (Å²) in [7, 11) is 1.72. The number of carbonyl (C=O) groups excluding carboxylic acids is 3. The number of allylic oxidation sites excluding steroid dienone is 1. The zero-order chi connectivity index (χ0) is 22.8. The number of nitrogens with zero attached hydrogens (tertiary/aromatic N) is 2. The Morgan fingerprint density at radius 2 is 1.72 bits per heavy atom. The summed E-state index contributed by atoms with van der Waals surface area (Å²) in [5, 5.41) is 3.76. The van der Waals surface area contributed by atoms with E-state index < -0.39 is 5.54 Å². The number of imide groups is 1. The average Bonchev–Trinajstić information content (AvgIpc) is 3.05. The topological polar surface area (TPSA) is 69.7 Å². The second kappa shape index (κ2) is 9.66. The molecule has 0 radical (unpaired) electrons. The number of likely N-dealkylation sites (N-methyl/N-ethyl adjacent to an activating group) is 1. The molecule has 1 saturated carbocycles. The van der Waals surface area contributed by atoms with E-state index in [9.17, 15) is 14.4 Å². The fourth-order valence-electron chi connectivity index (χ4n) is 6.73. The van der Waals surface area contributed by atoms with Crippen LogP contribution in [0.4, 0.5) is 4.79 Å². The smallest absolute Gasteiger partial charge is 0.312 e. The van der Waals surface area contributed by atoms with Gasteiger partial charge >= 0.3 is 6.03 Å². The van der Waals surface area contributed by atoms with Crippen molar-refractivity contribution in [1.29, 1.82) is 0 Å². The van der Waals surface area contributed by atoms with E-state index in [0.717, 1.165) is 64.3 Å². The molecule has 32 heavy (non-hydrogen) atoms. The average molecular weight is 444 g/mol. The molecule has 2 aliphatic heterocycles. The Bertz CT molecular complexity index is 753. The van der Waals surface area contributed by atoms with E-state index in [1.807, 2.05) is 6.92 Å². The Morgan fingerprint density at radius 1 is 1.03 bits per heavy atom. The van der Waals surface area contributed by atoms with Crippen LogP contribution in [0.1, 0.15) is 90.4 Å². The molecular weight excluding hydrogens is 402 g/mol. The standard InChI is InChI=1S/C26H41N3O3/c1-25(20-13-8-7-9-14-20)23(31)29(24(32)28(25)2)19-22(30)21-15-12-18-27-26(21)16-10-5-3-4-6-11-17-26/h8,13,20-21,27H,3-7,9-12,14-19H2,1-2H3. The Kier molecular flexibility index (Phi) is 7.09. The summed E-state index contributed by atoms with van der Waals surface area (Å²) in [4.78, 5) is 43.2. The van der Waals surface area contributed by atoms with Crippen molar-refractivity contribution in [3.8, 4) is 0 Å². The highest BCUT2D eigenvalue weighted by molar-refractivity contribution is 6.09. The van der Waals surface area contributed by atoms with Crippen LogP contribution < -0.4 is 5.32 Å². The molecule has 178 valence electrons. The van der Waals surface area contributed by atoms with Crippen LogP contribution in [-0.4, -0.2) is 58.7 Å². The number of amides is 3. The van der Waals surface area contributed by atoms with E-state index in [1.165, 1.54) is 30.6 Å². The van der Waals surface area contributed by atoms with Gasteiger partial charge in [0.1, 0.15) is 5.54 Å². The second-order valence-corrected chi connectivity index (χ2v) is 10.7. The van der Waals surface area contributed by atoms with Gasteiger partial charge in [-0.25, -0.2) is 4.79 Å². The lowest BCUT2D eigenvalue weighted by atomic mass is 9.70. The van der Waals surface area contributed by atoms with Crippen LogP contribution in [0.3, 0.4) is 0 Å². The number of Topliss-reactive ketones (excluding diaryl/α,β-unsaturated/α-hetero) is 1. The van der Waals surface area contributed by atoms with Gasteiger partial charge in [0.05, 0.1) is 6.54 Å². The minimum Gasteiger partial charge on any atom is -0.312 e. The molecule has 0 aromatic rings. The van der Waals surface area contributed by atoms with Crippen LogP contribution >= 0.6 is 0 Å². The van der Waals surface area contributed by atoms with Crippen molar-refractivity contribution in [2.24, 2.45) is 11.8 Å². The lowest BCUT2D eigenvalue weighted by Gasteiger charge is -2.45. The van der Waals surface area contributed by atoms with E-state index >= 15 is 0 Å². The molecule has 3 amide bonds. The van der Waals surface area contributed by atoms with E-state index in [4.69, 9.17) is 0 Å². The molecule has 4 rings (SSSR count). The van der Waals surface area contributed by atoms with Crippen LogP contribution in [0.25, 0.3) is 0 Å². The zero-order valence-corrected chi connectivity index (χ0v) is 20.0. The second-order valence-electron chi connectivity index (χ2n) is 10.7. The molecule has 3 atom stereocenters. The summed E-state index contributed by atoms with van der Waals surface area (Å²) in [6.07, 6.45) is 18.4. The van der Waals surface area contributed by atoms with Crippen LogP contribution in [-0.2, 0) is 9.59 Å². The first-order valence-electron chi connectivity index (χ1n) is 12.9. The van der Waals surface area contributed by atoms with Crippen LogP contribution in [0, 0.1) is 11.8 Å². The van der Waals surface area contributed by atoms with Gasteiger partial charge in [-0.1, -0.05) is 50.7 Å². The SMILES string of the molecule is CN1C(=O)N(CC(=O)C2CCCNC23CCCCCCCC3)C(=O)C1(C)C1C=CCCC1. The maximum atomic E-state index is 13.7. The van der Waals surface area contributed by atoms with Gasteiger partial charge < -0.3 is 10.2 Å². The van der Waals surface area contributed by atoms with Gasteiger partial charge in [0.15, 0.2) is 5.78 Å². The molecule has 0 bridgehead atoms. The summed E-state index contributed by atoms with van der Waals surface area (Å²) in [6.45, 7) is 2.75. The first-order valence-corrected chi connectivity index (χ1v) is 12.9. The fourth-order valence-corrected chi connectivity index (χ4v) is 6.73. The number of piperidine rings is 1. The Hall–Kier alpha value is -1.69. The van der Waals surface area contributed by atoms with Gasteiger partial charge in [-0.15, -0.1) is 0 Å². The summed E-state index contributed by atoms with van der Waals surface area (Å²) < 4.78 is 0. The molecule has 0 aromatic carbocycles. The Balaban J connectivity index is 1.52. The van der Waals surface area contributed by atoms with Crippen LogP contribution in [0.2, 0.25) is 0 Å². The lowest BCUT2D eigenvalue weighted by molar-refractivity contribution is -0.138. The molecule has 3 fully saturated rings. The molecule has 1 N–H and O–H groups in total. The first-order chi connectivity index (χ1) is 15.4. The van der Waals surface area contributed by atoms with Crippen molar-refractivity contribution in [3.05, 3.63) is 12.2 Å². The third-order valence-corrected chi connectivity index (χ3v) is 8.88. The third kappa shape index (κ3) is 4.15. The van der Waals surface area contributed by atoms with Crippen LogP contribution in [0.15, 0.2) is 12.2 Å². The highest BCUT2D eigenvalue weighted by atomic mass is 16.2. The molecule has 6 nitrogen and oxygen atoms in total. The molecule has 3 unspecified atom stereocenters. The first kappa shape index (κ1) is 23.5. The number of hydrogen-bond acceptors (Lipinski definition) is 4. The van der Waals surface area contributed by atoms with Crippen molar-refractivity contribution in [2.45, 2.75) is 101 Å². The predicted molar refractivity (Wildman–Crippen MR) is 125 cm³/mol. The summed E-state index contributed by atoms with van der Waals surface area (Å²) in [5.74, 6) is -0.242. The maximum Gasteiger partial charge on any atom is 0.327 e. The predicted octanol–water partition coefficient (Wildman–Crippen LogP) is 4.44. The maximum absolute atomic E-state index is 13.7. The molecule has 2 aliphatic carbocycles. The monoisotopic (exact) mass is 443 g/mol. The van der Waals surface area contributed by atoms with Gasteiger partial charge in [-0.2, -0.15) is 0 Å². The largest absolute Gasteiger partial charge is 0.327 e. The minimum atomic E-state index is -0.894. The molecule has 2 saturated heterocycles. The number of hydrogen-bond donors (Lipinski definition) is 1. The van der Waals surface area contributed by atoms with Crippen molar-refractivity contribution in [2.75, 3.05) is 20.1 Å². The van der Waals surface area contributed by atoms with Crippen molar-refractivity contribution < 1.29 is 14.4 Å². The van der Waals surface area contributed by atoms with Gasteiger partial charge in [0.25, 0.3) is 5.91 Å². The van der Waals surface area contributed by atoms with Crippen molar-refractivity contribution in [1.82, 2.24) is 15.1 Å². The number of ketones is 1. The van der Waals surface area contributed by atoms with Crippen LogP contribution in [0.5, 0.6) is 0 Å². The lowest BCUT2D eigenvalue weighted by Crippen LogP contribution is -2.58. The fraction of sp³-hybridized carbons (Fsp3) is 0.808. The zero-order valence-electron chi connectivity index (χ0n) is 20.0. The molecule has 2 heterocycles. The highest BCUT2D eigenvalue weighted by Gasteiger charge is 2.57. The Labute approximate surface area is 193 Å². The number of nitrogens with one attached hydrogen (secondary N) is 1. The van der Waals surface area contributed by atoms with E-state index in [0.29, 0.717) is 0 Å². The molecule has 0 aromatic heterocycles. The van der Waals surface area contributed by atoms with Crippen molar-refractivity contribution in [3.63, 3.8) is 0 Å². The summed E-state index contributed by atoms with van der Waals surface area (Å²) >= 11 is 0. The Morgan fingerprint density at radius 3 is 2.38 bits per heavy atom. The van der Waals surface area contributed by atoms with Gasteiger partial charge in [0, 0.05) is 24.4 Å². The van der Waals surface area contributed by atoms with Gasteiger partial charge in [-0.3, -0.25) is 14.5 Å². The molecule has 1 spiro atoms. The molecule has 4 aliphatic rings. The van der Waals surface area contributed by atoms with Gasteiger partial charge in [-0.05, 0) is 58.4 Å². The minimum absolute atomic E-state index is 0.00912. The third-order valence-electron chi connectivity index (χ3n) is 8.88. The van der Waals surface area contributed by atoms with Crippen molar-refractivity contribution >= 4 is 17.7 Å². The normalized spacial score (nSPS) is 33.8. The molecule has 6 heteroatoms. The van der Waals surface area contributed by atoms with Gasteiger partial charge in [0.2, 0.25) is 0 Å². The summed E-state index contributed by atoms with van der Waals surface area (Å²) in [6, 6.07) is -0.322. The molecular formula is C26H41N3O3. The van der Waals surface area contributed by atoms with E-state index in [-0.39, 0.29) is 41.6 Å². The van der Waals surface area contributed by atoms with E-state index in [1.54, 1.807) is 11.9 Å². The number of rotatable bonds is 4. The quantitative estimate of drug-likeness (QED) is 0.515. The highest BCUT2D eigenvalue weighted by Crippen LogP contribution is 2.40. The number of carbonyl (C=O) groups is 3. The number of urea groups is 1. The summed E-state index contributed by atoms with van der Waals surface area (Å²) in [5.41, 5.74) is -1.05. The van der Waals surface area contributed by atoms with E-state index in [2.05, 4.69) is 17.5 Å².